The average molecular weight is 279 g/mol. The summed E-state index contributed by atoms with van der Waals surface area (Å²) in [4.78, 5) is 3.94. The van der Waals surface area contributed by atoms with Crippen molar-refractivity contribution in [2.75, 3.05) is 7.11 Å². The van der Waals surface area contributed by atoms with Gasteiger partial charge in [0, 0.05) is 30.1 Å². The Hall–Kier alpha value is -1.78. The summed E-state index contributed by atoms with van der Waals surface area (Å²) in [6.07, 6.45) is 3.27. The molecule has 100 valence electrons. The average Bonchev–Trinajstić information content (AvgIpc) is 2.46. The van der Waals surface area contributed by atoms with Gasteiger partial charge >= 0.3 is 0 Å². The zero-order valence-electron chi connectivity index (χ0n) is 10.6. The molecule has 0 spiro atoms. The van der Waals surface area contributed by atoms with Gasteiger partial charge in [0.15, 0.2) is 11.5 Å². The lowest BCUT2D eigenvalue weighted by Gasteiger charge is -2.14. The van der Waals surface area contributed by atoms with Gasteiger partial charge in [-0.3, -0.25) is 4.98 Å². The van der Waals surface area contributed by atoms with Crippen LogP contribution >= 0.6 is 11.6 Å². The summed E-state index contributed by atoms with van der Waals surface area (Å²) in [5.41, 5.74) is 7.46. The van der Waals surface area contributed by atoms with E-state index in [0.29, 0.717) is 29.7 Å². The molecule has 4 nitrogen and oxygen atoms in total. The number of pyridine rings is 1. The second-order valence-electron chi connectivity index (χ2n) is 3.91. The van der Waals surface area contributed by atoms with Crippen LogP contribution in [0.25, 0.3) is 0 Å². The Labute approximate surface area is 117 Å². The first-order valence-corrected chi connectivity index (χ1v) is 6.21. The number of methoxy groups -OCH3 is 1. The summed E-state index contributed by atoms with van der Waals surface area (Å²) < 4.78 is 11.1. The fraction of sp³-hybridized carbons (Fsp3) is 0.214. The van der Waals surface area contributed by atoms with Gasteiger partial charge in [0.25, 0.3) is 0 Å². The van der Waals surface area contributed by atoms with Gasteiger partial charge in [-0.2, -0.15) is 0 Å². The van der Waals surface area contributed by atoms with E-state index in [4.69, 9.17) is 26.8 Å². The number of rotatable bonds is 5. The Morgan fingerprint density at radius 2 is 2.11 bits per heavy atom. The number of hydrogen-bond donors (Lipinski definition) is 1. The third kappa shape index (κ3) is 3.16. The molecule has 1 aromatic carbocycles. The number of hydrogen-bond acceptors (Lipinski definition) is 4. The number of ether oxygens (including phenoxy) is 2. The SMILES string of the molecule is COc1cccc(CN)c1OCc1ccncc1Cl. The van der Waals surface area contributed by atoms with E-state index in [1.54, 1.807) is 19.5 Å². The first kappa shape index (κ1) is 13.6. The molecule has 2 aromatic rings. The van der Waals surface area contributed by atoms with Gasteiger partial charge in [-0.25, -0.2) is 0 Å². The van der Waals surface area contributed by atoms with Crippen LogP contribution < -0.4 is 15.2 Å². The maximum absolute atomic E-state index is 6.04. The van der Waals surface area contributed by atoms with Crippen LogP contribution in [-0.4, -0.2) is 12.1 Å². The predicted octanol–water partition coefficient (Wildman–Crippen LogP) is 2.78. The number of benzene rings is 1. The molecule has 0 bridgehead atoms. The third-order valence-electron chi connectivity index (χ3n) is 2.73. The van der Waals surface area contributed by atoms with Crippen molar-refractivity contribution in [3.05, 3.63) is 52.8 Å². The molecule has 0 amide bonds. The Kier molecular flexibility index (Phi) is 4.60. The summed E-state index contributed by atoms with van der Waals surface area (Å²) in [6.45, 7) is 0.728. The van der Waals surface area contributed by atoms with Gasteiger partial charge in [0.05, 0.1) is 12.1 Å². The summed E-state index contributed by atoms with van der Waals surface area (Å²) in [6, 6.07) is 7.45. The smallest absolute Gasteiger partial charge is 0.166 e. The largest absolute Gasteiger partial charge is 0.493 e. The molecule has 0 aliphatic heterocycles. The molecule has 0 atom stereocenters. The van der Waals surface area contributed by atoms with Gasteiger partial charge in [-0.15, -0.1) is 0 Å². The highest BCUT2D eigenvalue weighted by molar-refractivity contribution is 6.31. The summed E-state index contributed by atoms with van der Waals surface area (Å²) in [7, 11) is 1.60. The summed E-state index contributed by atoms with van der Waals surface area (Å²) in [5.74, 6) is 1.31. The highest BCUT2D eigenvalue weighted by atomic mass is 35.5. The lowest BCUT2D eigenvalue weighted by molar-refractivity contribution is 0.281. The fourth-order valence-electron chi connectivity index (χ4n) is 1.72. The van der Waals surface area contributed by atoms with E-state index in [9.17, 15) is 0 Å². The van der Waals surface area contributed by atoms with E-state index in [1.807, 2.05) is 24.3 Å². The molecule has 0 aliphatic rings. The molecular formula is C14H15ClN2O2. The molecule has 2 rings (SSSR count). The van der Waals surface area contributed by atoms with Crippen molar-refractivity contribution < 1.29 is 9.47 Å². The van der Waals surface area contributed by atoms with Crippen LogP contribution in [0, 0.1) is 0 Å². The van der Waals surface area contributed by atoms with Crippen molar-refractivity contribution in [1.82, 2.24) is 4.98 Å². The van der Waals surface area contributed by atoms with E-state index in [0.717, 1.165) is 11.1 Å². The Balaban J connectivity index is 2.21. The second-order valence-corrected chi connectivity index (χ2v) is 4.32. The molecule has 1 aromatic heterocycles. The lowest BCUT2D eigenvalue weighted by Crippen LogP contribution is -2.04. The molecule has 2 N–H and O–H groups in total. The van der Waals surface area contributed by atoms with Crippen LogP contribution in [0.3, 0.4) is 0 Å². The minimum absolute atomic E-state index is 0.342. The van der Waals surface area contributed by atoms with Crippen molar-refractivity contribution in [2.24, 2.45) is 5.73 Å². The summed E-state index contributed by atoms with van der Waals surface area (Å²) in [5, 5.41) is 0.576. The van der Waals surface area contributed by atoms with E-state index in [2.05, 4.69) is 4.98 Å². The van der Waals surface area contributed by atoms with E-state index in [-0.39, 0.29) is 0 Å². The maximum atomic E-state index is 6.04. The van der Waals surface area contributed by atoms with Gasteiger partial charge < -0.3 is 15.2 Å². The Morgan fingerprint density at radius 1 is 1.26 bits per heavy atom. The van der Waals surface area contributed by atoms with Crippen LogP contribution in [0.4, 0.5) is 0 Å². The monoisotopic (exact) mass is 278 g/mol. The van der Waals surface area contributed by atoms with Crippen LogP contribution in [0.15, 0.2) is 36.7 Å². The fourth-order valence-corrected chi connectivity index (χ4v) is 1.89. The number of nitrogens with zero attached hydrogens (tertiary/aromatic N) is 1. The van der Waals surface area contributed by atoms with Gasteiger partial charge in [-0.05, 0) is 12.1 Å². The van der Waals surface area contributed by atoms with E-state index >= 15 is 0 Å². The zero-order chi connectivity index (χ0) is 13.7. The molecule has 0 saturated carbocycles. The second kappa shape index (κ2) is 6.41. The molecule has 1 heterocycles. The number of aromatic nitrogens is 1. The number of halogens is 1. The van der Waals surface area contributed by atoms with Crippen LogP contribution in [-0.2, 0) is 13.2 Å². The van der Waals surface area contributed by atoms with Gasteiger partial charge in [0.1, 0.15) is 6.61 Å². The third-order valence-corrected chi connectivity index (χ3v) is 3.07. The normalized spacial score (nSPS) is 10.3. The predicted molar refractivity (Wildman–Crippen MR) is 74.5 cm³/mol. The summed E-state index contributed by atoms with van der Waals surface area (Å²) >= 11 is 6.04. The molecule has 0 fully saturated rings. The van der Waals surface area contributed by atoms with Crippen molar-refractivity contribution >= 4 is 11.6 Å². The molecule has 19 heavy (non-hydrogen) atoms. The van der Waals surface area contributed by atoms with Crippen molar-refractivity contribution in [3.63, 3.8) is 0 Å². The Morgan fingerprint density at radius 3 is 2.79 bits per heavy atom. The van der Waals surface area contributed by atoms with Crippen molar-refractivity contribution in [1.29, 1.82) is 0 Å². The first-order chi connectivity index (χ1) is 9.26. The van der Waals surface area contributed by atoms with Crippen molar-refractivity contribution in [2.45, 2.75) is 13.2 Å². The first-order valence-electron chi connectivity index (χ1n) is 5.83. The van der Waals surface area contributed by atoms with Crippen molar-refractivity contribution in [3.8, 4) is 11.5 Å². The molecule has 5 heteroatoms. The molecule has 0 radical (unpaired) electrons. The lowest BCUT2D eigenvalue weighted by atomic mass is 10.2. The number of nitrogens with two attached hydrogens (primary N) is 1. The van der Waals surface area contributed by atoms with Gasteiger partial charge in [-0.1, -0.05) is 23.7 Å². The standard InChI is InChI=1S/C14H15ClN2O2/c1-18-13-4-2-3-10(7-16)14(13)19-9-11-5-6-17-8-12(11)15/h2-6,8H,7,9,16H2,1H3. The Bertz CT molecular complexity index is 539. The number of para-hydroxylation sites is 1. The topological polar surface area (TPSA) is 57.4 Å². The quantitative estimate of drug-likeness (QED) is 0.914. The highest BCUT2D eigenvalue weighted by Gasteiger charge is 2.10. The molecule has 0 saturated heterocycles. The van der Waals surface area contributed by atoms with Gasteiger partial charge in [0.2, 0.25) is 0 Å². The molecule has 0 aliphatic carbocycles. The highest BCUT2D eigenvalue weighted by Crippen LogP contribution is 2.31. The molecular weight excluding hydrogens is 264 g/mol. The maximum Gasteiger partial charge on any atom is 0.166 e. The zero-order valence-corrected chi connectivity index (χ0v) is 11.4. The van der Waals surface area contributed by atoms with Crippen LogP contribution in [0.2, 0.25) is 5.02 Å². The van der Waals surface area contributed by atoms with Crippen LogP contribution in [0.5, 0.6) is 11.5 Å². The minimum atomic E-state index is 0.342. The minimum Gasteiger partial charge on any atom is -0.493 e. The van der Waals surface area contributed by atoms with E-state index < -0.39 is 0 Å². The van der Waals surface area contributed by atoms with E-state index in [1.165, 1.54) is 0 Å². The molecule has 0 unspecified atom stereocenters. The van der Waals surface area contributed by atoms with Crippen LogP contribution in [0.1, 0.15) is 11.1 Å².